The number of fused-ring (bicyclic) bond motifs is 1. The first-order chi connectivity index (χ1) is 11.2. The van der Waals surface area contributed by atoms with E-state index in [-0.39, 0.29) is 11.8 Å². The average molecular weight is 315 g/mol. The van der Waals surface area contributed by atoms with Gasteiger partial charge in [-0.1, -0.05) is 0 Å². The number of carbonyl (C=O) groups excluding carboxylic acids is 1. The maximum absolute atomic E-state index is 12.6. The summed E-state index contributed by atoms with van der Waals surface area (Å²) in [6, 6.07) is 3.45. The predicted octanol–water partition coefficient (Wildman–Crippen LogP) is 2.18. The van der Waals surface area contributed by atoms with E-state index in [4.69, 9.17) is 9.15 Å². The van der Waals surface area contributed by atoms with Gasteiger partial charge in [-0.05, 0) is 30.9 Å². The Hall–Kier alpha value is -2.08. The molecule has 0 bridgehead atoms. The van der Waals surface area contributed by atoms with Crippen molar-refractivity contribution in [3.05, 3.63) is 41.6 Å². The summed E-state index contributed by atoms with van der Waals surface area (Å²) < 4.78 is 13.1. The van der Waals surface area contributed by atoms with Crippen molar-refractivity contribution in [1.82, 2.24) is 14.7 Å². The maximum Gasteiger partial charge on any atom is 0.289 e. The number of aryl methyl sites for hydroxylation is 1. The molecule has 2 aromatic rings. The molecule has 6 heteroatoms. The van der Waals surface area contributed by atoms with E-state index in [9.17, 15) is 4.79 Å². The first kappa shape index (κ1) is 14.5. The summed E-state index contributed by atoms with van der Waals surface area (Å²) in [5.41, 5.74) is 2.28. The van der Waals surface area contributed by atoms with E-state index in [2.05, 4.69) is 5.10 Å². The third kappa shape index (κ3) is 2.91. The van der Waals surface area contributed by atoms with Crippen LogP contribution in [0.25, 0.3) is 0 Å². The molecule has 0 aromatic carbocycles. The molecule has 1 fully saturated rings. The van der Waals surface area contributed by atoms with Gasteiger partial charge in [-0.2, -0.15) is 5.10 Å². The molecule has 0 radical (unpaired) electrons. The van der Waals surface area contributed by atoms with Crippen LogP contribution in [0.5, 0.6) is 0 Å². The Morgan fingerprint density at radius 2 is 2.30 bits per heavy atom. The van der Waals surface area contributed by atoms with Gasteiger partial charge in [-0.25, -0.2) is 0 Å². The third-order valence-corrected chi connectivity index (χ3v) is 4.64. The van der Waals surface area contributed by atoms with E-state index < -0.39 is 0 Å². The van der Waals surface area contributed by atoms with Gasteiger partial charge in [0.2, 0.25) is 0 Å². The standard InChI is InChI=1S/C17H21N3O3/c1-19-16-13(7-18-19)8-20(17(21)15-3-2-6-23-15)9-14(16)11-22-10-12-4-5-12/h2-3,6-7,12,14H,4-5,8-11H2,1H3/t14-/m0/s1. The maximum atomic E-state index is 12.6. The number of hydrogen-bond donors (Lipinski definition) is 0. The van der Waals surface area contributed by atoms with Crippen LogP contribution in [0.3, 0.4) is 0 Å². The zero-order valence-electron chi connectivity index (χ0n) is 13.3. The van der Waals surface area contributed by atoms with Crippen molar-refractivity contribution in [3.63, 3.8) is 0 Å². The Balaban J connectivity index is 1.51. The van der Waals surface area contributed by atoms with E-state index in [1.165, 1.54) is 24.8 Å². The molecule has 2 aromatic heterocycles. The van der Waals surface area contributed by atoms with Gasteiger partial charge in [0.25, 0.3) is 5.91 Å². The van der Waals surface area contributed by atoms with Gasteiger partial charge in [0.1, 0.15) is 0 Å². The van der Waals surface area contributed by atoms with Crippen LogP contribution < -0.4 is 0 Å². The van der Waals surface area contributed by atoms with Gasteiger partial charge < -0.3 is 14.1 Å². The molecular weight excluding hydrogens is 294 g/mol. The highest BCUT2D eigenvalue weighted by atomic mass is 16.5. The Labute approximate surface area is 135 Å². The topological polar surface area (TPSA) is 60.5 Å². The van der Waals surface area contributed by atoms with Gasteiger partial charge in [-0.3, -0.25) is 9.48 Å². The fourth-order valence-electron chi connectivity index (χ4n) is 3.27. The number of nitrogens with zero attached hydrogens (tertiary/aromatic N) is 3. The van der Waals surface area contributed by atoms with Gasteiger partial charge in [0.15, 0.2) is 5.76 Å². The lowest BCUT2D eigenvalue weighted by Crippen LogP contribution is -2.40. The monoisotopic (exact) mass is 315 g/mol. The van der Waals surface area contributed by atoms with Gasteiger partial charge in [0, 0.05) is 38.2 Å². The zero-order chi connectivity index (χ0) is 15.8. The second-order valence-electron chi connectivity index (χ2n) is 6.52. The van der Waals surface area contributed by atoms with Crippen LogP contribution in [0, 0.1) is 5.92 Å². The minimum absolute atomic E-state index is 0.0725. The van der Waals surface area contributed by atoms with E-state index in [0.29, 0.717) is 25.5 Å². The number of furan rings is 1. The number of hydrogen-bond acceptors (Lipinski definition) is 4. The highest BCUT2D eigenvalue weighted by molar-refractivity contribution is 5.91. The molecule has 3 heterocycles. The van der Waals surface area contributed by atoms with Gasteiger partial charge >= 0.3 is 0 Å². The molecule has 1 aliphatic carbocycles. The van der Waals surface area contributed by atoms with E-state index in [1.54, 1.807) is 12.1 Å². The van der Waals surface area contributed by atoms with Crippen molar-refractivity contribution in [2.24, 2.45) is 13.0 Å². The normalized spacial score (nSPS) is 20.6. The smallest absolute Gasteiger partial charge is 0.289 e. The molecular formula is C17H21N3O3. The third-order valence-electron chi connectivity index (χ3n) is 4.64. The Morgan fingerprint density at radius 3 is 3.04 bits per heavy atom. The van der Waals surface area contributed by atoms with Crippen molar-refractivity contribution in [2.45, 2.75) is 25.3 Å². The molecule has 2 aliphatic rings. The second kappa shape index (κ2) is 5.85. The molecule has 1 saturated carbocycles. The molecule has 0 unspecified atom stereocenters. The number of carbonyl (C=O) groups is 1. The molecule has 23 heavy (non-hydrogen) atoms. The van der Waals surface area contributed by atoms with Crippen molar-refractivity contribution < 1.29 is 13.9 Å². The average Bonchev–Trinajstić information content (AvgIpc) is 3.07. The van der Waals surface area contributed by atoms with Gasteiger partial charge in [0.05, 0.1) is 24.8 Å². The van der Waals surface area contributed by atoms with Crippen LogP contribution in [0.2, 0.25) is 0 Å². The summed E-state index contributed by atoms with van der Waals surface area (Å²) in [7, 11) is 1.96. The van der Waals surface area contributed by atoms with Crippen LogP contribution in [0.15, 0.2) is 29.0 Å². The number of rotatable bonds is 5. The molecule has 6 nitrogen and oxygen atoms in total. The molecule has 4 rings (SSSR count). The van der Waals surface area contributed by atoms with Crippen LogP contribution >= 0.6 is 0 Å². The quantitative estimate of drug-likeness (QED) is 0.848. The zero-order valence-corrected chi connectivity index (χ0v) is 13.3. The Bertz CT molecular complexity index is 688. The predicted molar refractivity (Wildman–Crippen MR) is 82.9 cm³/mol. The summed E-state index contributed by atoms with van der Waals surface area (Å²) >= 11 is 0. The first-order valence-electron chi connectivity index (χ1n) is 8.13. The summed E-state index contributed by atoms with van der Waals surface area (Å²) in [4.78, 5) is 14.4. The lowest BCUT2D eigenvalue weighted by atomic mass is 9.96. The van der Waals surface area contributed by atoms with Crippen LogP contribution in [-0.2, 0) is 18.3 Å². The minimum atomic E-state index is -0.0725. The first-order valence-corrected chi connectivity index (χ1v) is 8.13. The number of amides is 1. The lowest BCUT2D eigenvalue weighted by molar-refractivity contribution is 0.0594. The van der Waals surface area contributed by atoms with Crippen molar-refractivity contribution in [3.8, 4) is 0 Å². The number of aromatic nitrogens is 2. The molecule has 1 amide bonds. The van der Waals surface area contributed by atoms with Crippen LogP contribution in [-0.4, -0.2) is 40.3 Å². The molecule has 0 saturated heterocycles. The molecule has 0 spiro atoms. The van der Waals surface area contributed by atoms with Gasteiger partial charge in [-0.15, -0.1) is 0 Å². The molecule has 0 N–H and O–H groups in total. The highest BCUT2D eigenvalue weighted by Gasteiger charge is 2.33. The highest BCUT2D eigenvalue weighted by Crippen LogP contribution is 2.32. The largest absolute Gasteiger partial charge is 0.459 e. The summed E-state index contributed by atoms with van der Waals surface area (Å²) in [5, 5.41) is 4.36. The minimum Gasteiger partial charge on any atom is -0.459 e. The fraction of sp³-hybridized carbons (Fsp3) is 0.529. The number of ether oxygens (including phenoxy) is 1. The fourth-order valence-corrected chi connectivity index (χ4v) is 3.27. The van der Waals surface area contributed by atoms with E-state index in [0.717, 1.165) is 18.1 Å². The lowest BCUT2D eigenvalue weighted by Gasteiger charge is -2.32. The van der Waals surface area contributed by atoms with Crippen molar-refractivity contribution >= 4 is 5.91 Å². The van der Waals surface area contributed by atoms with Crippen LogP contribution in [0.1, 0.15) is 40.6 Å². The Kier molecular flexibility index (Phi) is 3.69. The summed E-state index contributed by atoms with van der Waals surface area (Å²) in [5.74, 6) is 1.21. The van der Waals surface area contributed by atoms with Crippen molar-refractivity contribution in [1.29, 1.82) is 0 Å². The van der Waals surface area contributed by atoms with E-state index >= 15 is 0 Å². The van der Waals surface area contributed by atoms with Crippen LogP contribution in [0.4, 0.5) is 0 Å². The second-order valence-corrected chi connectivity index (χ2v) is 6.52. The summed E-state index contributed by atoms with van der Waals surface area (Å²) in [6.07, 6.45) is 5.95. The van der Waals surface area contributed by atoms with Crippen molar-refractivity contribution in [2.75, 3.05) is 19.8 Å². The van der Waals surface area contributed by atoms with E-state index in [1.807, 2.05) is 22.8 Å². The SMILES string of the molecule is Cn1ncc2c1[C@H](COCC1CC1)CN(C(=O)c1ccco1)C2. The molecule has 122 valence electrons. The molecule has 1 atom stereocenters. The Morgan fingerprint density at radius 1 is 1.43 bits per heavy atom. The molecule has 1 aliphatic heterocycles. The summed E-state index contributed by atoms with van der Waals surface area (Å²) in [6.45, 7) is 2.67.